The highest BCUT2D eigenvalue weighted by molar-refractivity contribution is 8.13. The number of aliphatic imine (C=N–C) groups is 1. The molecule has 1 N–H and O–H groups in total. The number of alkyl carbamates (subject to hydrolysis) is 1. The van der Waals surface area contributed by atoms with Crippen LogP contribution in [0.15, 0.2) is 4.99 Å². The average molecular weight is 304 g/mol. The van der Waals surface area contributed by atoms with Gasteiger partial charge in [-0.25, -0.2) is 9.79 Å². The largest absolute Gasteiger partial charge is 0.444 e. The van der Waals surface area contributed by atoms with Crippen molar-refractivity contribution in [2.75, 3.05) is 13.4 Å². The fourth-order valence-corrected chi connectivity index (χ4v) is 1.76. The summed E-state index contributed by atoms with van der Waals surface area (Å²) in [4.78, 5) is 27.4. The standard InChI is InChI=1S/C13H24N2O4S/c1-8(14-12(17)19-13(3,4)5)10(16)15-11(20-7)9(2)18-6/h8-9H,1-7H3,(H,14,17)/t8-,9?/m0/s1. The van der Waals surface area contributed by atoms with Crippen LogP contribution in [0.5, 0.6) is 0 Å². The molecule has 0 aromatic carbocycles. The van der Waals surface area contributed by atoms with Crippen LogP contribution in [0.25, 0.3) is 0 Å². The Kier molecular flexibility index (Phi) is 7.82. The van der Waals surface area contributed by atoms with Crippen LogP contribution in [0, 0.1) is 0 Å². The number of carbonyl (C=O) groups is 2. The maximum Gasteiger partial charge on any atom is 0.408 e. The molecule has 6 nitrogen and oxygen atoms in total. The number of carbonyl (C=O) groups excluding carboxylic acids is 2. The fourth-order valence-electron chi connectivity index (χ4n) is 1.15. The number of hydrogen-bond acceptors (Lipinski definition) is 5. The lowest BCUT2D eigenvalue weighted by Gasteiger charge is -2.21. The van der Waals surface area contributed by atoms with E-state index in [4.69, 9.17) is 9.47 Å². The van der Waals surface area contributed by atoms with Gasteiger partial charge in [-0.05, 0) is 40.9 Å². The molecule has 0 aromatic rings. The highest BCUT2D eigenvalue weighted by Gasteiger charge is 2.21. The Morgan fingerprint density at radius 1 is 1.25 bits per heavy atom. The van der Waals surface area contributed by atoms with Crippen molar-refractivity contribution in [3.8, 4) is 0 Å². The van der Waals surface area contributed by atoms with E-state index in [0.717, 1.165) is 0 Å². The van der Waals surface area contributed by atoms with Gasteiger partial charge >= 0.3 is 6.09 Å². The number of methoxy groups -OCH3 is 1. The Balaban J connectivity index is 4.62. The van der Waals surface area contributed by atoms with Crippen LogP contribution in [-0.2, 0) is 14.3 Å². The van der Waals surface area contributed by atoms with Gasteiger partial charge in [0.05, 0.1) is 0 Å². The summed E-state index contributed by atoms with van der Waals surface area (Å²) >= 11 is 1.34. The summed E-state index contributed by atoms with van der Waals surface area (Å²) < 4.78 is 10.2. The van der Waals surface area contributed by atoms with E-state index in [1.807, 2.05) is 6.26 Å². The Hall–Kier alpha value is -1.08. The molecule has 0 heterocycles. The number of amides is 2. The molecule has 0 aliphatic heterocycles. The molecule has 2 atom stereocenters. The molecule has 116 valence electrons. The topological polar surface area (TPSA) is 77.0 Å². The van der Waals surface area contributed by atoms with Gasteiger partial charge in [0.2, 0.25) is 0 Å². The van der Waals surface area contributed by atoms with Crippen molar-refractivity contribution in [3.63, 3.8) is 0 Å². The van der Waals surface area contributed by atoms with Crippen LogP contribution in [-0.4, -0.2) is 48.2 Å². The number of ether oxygens (including phenoxy) is 2. The number of nitrogens with zero attached hydrogens (tertiary/aromatic N) is 1. The van der Waals surface area contributed by atoms with Crippen LogP contribution in [0.4, 0.5) is 4.79 Å². The maximum atomic E-state index is 11.9. The second-order valence-corrected chi connectivity index (χ2v) is 6.06. The first-order valence-corrected chi connectivity index (χ1v) is 7.52. The van der Waals surface area contributed by atoms with Crippen LogP contribution in [0.2, 0.25) is 0 Å². The minimum Gasteiger partial charge on any atom is -0.444 e. The molecule has 0 bridgehead atoms. The van der Waals surface area contributed by atoms with E-state index in [2.05, 4.69) is 10.3 Å². The van der Waals surface area contributed by atoms with Gasteiger partial charge in [0, 0.05) is 7.11 Å². The molecule has 0 saturated carbocycles. The van der Waals surface area contributed by atoms with Gasteiger partial charge in [0.1, 0.15) is 22.8 Å². The van der Waals surface area contributed by atoms with E-state index < -0.39 is 23.6 Å². The Morgan fingerprint density at radius 3 is 2.20 bits per heavy atom. The molecule has 0 spiro atoms. The van der Waals surface area contributed by atoms with Crippen molar-refractivity contribution in [1.29, 1.82) is 0 Å². The van der Waals surface area contributed by atoms with Crippen LogP contribution in [0.1, 0.15) is 34.6 Å². The maximum absolute atomic E-state index is 11.9. The SMILES string of the molecule is COC(C)C(=NC(=O)[C@H](C)NC(=O)OC(C)(C)C)SC. The second-order valence-electron chi connectivity index (χ2n) is 5.24. The normalized spacial score (nSPS) is 15.4. The van der Waals surface area contributed by atoms with Gasteiger partial charge in [-0.3, -0.25) is 4.79 Å². The van der Waals surface area contributed by atoms with Gasteiger partial charge in [-0.15, -0.1) is 11.8 Å². The lowest BCUT2D eigenvalue weighted by molar-refractivity contribution is -0.119. The summed E-state index contributed by atoms with van der Waals surface area (Å²) in [5.41, 5.74) is -0.606. The summed E-state index contributed by atoms with van der Waals surface area (Å²) in [6.07, 6.45) is 0.912. The Bertz CT molecular complexity index is 377. The number of rotatable bonds is 4. The highest BCUT2D eigenvalue weighted by Crippen LogP contribution is 2.09. The molecule has 7 heteroatoms. The van der Waals surface area contributed by atoms with Gasteiger partial charge in [-0.1, -0.05) is 0 Å². The van der Waals surface area contributed by atoms with Gasteiger partial charge in [0.25, 0.3) is 5.91 Å². The number of nitrogens with one attached hydrogen (secondary N) is 1. The van der Waals surface area contributed by atoms with Crippen molar-refractivity contribution >= 4 is 28.8 Å². The first kappa shape index (κ1) is 18.9. The summed E-state index contributed by atoms with van der Waals surface area (Å²) in [5, 5.41) is 3.02. The molecule has 2 amide bonds. The number of thioether (sulfide) groups is 1. The van der Waals surface area contributed by atoms with E-state index >= 15 is 0 Å². The quantitative estimate of drug-likeness (QED) is 0.636. The zero-order chi connectivity index (χ0) is 15.9. The van der Waals surface area contributed by atoms with Gasteiger partial charge < -0.3 is 14.8 Å². The Morgan fingerprint density at radius 2 is 1.80 bits per heavy atom. The molecular weight excluding hydrogens is 280 g/mol. The predicted octanol–water partition coefficient (Wildman–Crippen LogP) is 2.22. The summed E-state index contributed by atoms with van der Waals surface area (Å²) in [5.74, 6) is -0.441. The molecule has 0 fully saturated rings. The highest BCUT2D eigenvalue weighted by atomic mass is 32.2. The lowest BCUT2D eigenvalue weighted by atomic mass is 10.2. The van der Waals surface area contributed by atoms with Crippen molar-refractivity contribution in [1.82, 2.24) is 5.32 Å². The van der Waals surface area contributed by atoms with E-state index in [1.54, 1.807) is 41.7 Å². The zero-order valence-electron chi connectivity index (χ0n) is 13.1. The zero-order valence-corrected chi connectivity index (χ0v) is 14.0. The molecule has 0 rings (SSSR count). The van der Waals surface area contributed by atoms with E-state index in [-0.39, 0.29) is 6.10 Å². The third-order valence-corrected chi connectivity index (χ3v) is 3.08. The monoisotopic (exact) mass is 304 g/mol. The van der Waals surface area contributed by atoms with Gasteiger partial charge in [-0.2, -0.15) is 0 Å². The van der Waals surface area contributed by atoms with E-state index in [1.165, 1.54) is 11.8 Å². The van der Waals surface area contributed by atoms with Gasteiger partial charge in [0.15, 0.2) is 0 Å². The van der Waals surface area contributed by atoms with Crippen LogP contribution < -0.4 is 5.32 Å². The van der Waals surface area contributed by atoms with Crippen molar-refractivity contribution in [3.05, 3.63) is 0 Å². The molecule has 0 aromatic heterocycles. The average Bonchev–Trinajstić information content (AvgIpc) is 2.31. The first-order chi connectivity index (χ1) is 9.10. The predicted molar refractivity (Wildman–Crippen MR) is 81.3 cm³/mol. The van der Waals surface area contributed by atoms with Crippen molar-refractivity contribution < 1.29 is 19.1 Å². The number of hydrogen-bond donors (Lipinski definition) is 1. The summed E-state index contributed by atoms with van der Waals surface area (Å²) in [7, 11) is 1.54. The lowest BCUT2D eigenvalue weighted by Crippen LogP contribution is -2.41. The minimum atomic E-state index is -0.754. The summed E-state index contributed by atoms with van der Waals surface area (Å²) in [6, 6.07) is -0.754. The molecule has 1 unspecified atom stereocenters. The molecule has 0 aliphatic carbocycles. The van der Waals surface area contributed by atoms with E-state index in [0.29, 0.717) is 5.04 Å². The third kappa shape index (κ3) is 7.49. The molecule has 0 aliphatic rings. The minimum absolute atomic E-state index is 0.261. The van der Waals surface area contributed by atoms with Crippen molar-refractivity contribution in [2.45, 2.75) is 52.4 Å². The Labute approximate surface area is 124 Å². The molecular formula is C13H24N2O4S. The van der Waals surface area contributed by atoms with Crippen LogP contribution >= 0.6 is 11.8 Å². The molecule has 20 heavy (non-hydrogen) atoms. The fraction of sp³-hybridized carbons (Fsp3) is 0.769. The first-order valence-electron chi connectivity index (χ1n) is 6.29. The molecule has 0 radical (unpaired) electrons. The van der Waals surface area contributed by atoms with E-state index in [9.17, 15) is 9.59 Å². The van der Waals surface area contributed by atoms with Crippen LogP contribution in [0.3, 0.4) is 0 Å². The molecule has 0 saturated heterocycles. The smallest absolute Gasteiger partial charge is 0.408 e. The third-order valence-electron chi connectivity index (χ3n) is 2.23. The second kappa shape index (κ2) is 8.26. The summed E-state index contributed by atoms with van der Waals surface area (Å²) in [6.45, 7) is 8.62. The van der Waals surface area contributed by atoms with Crippen molar-refractivity contribution in [2.24, 2.45) is 4.99 Å².